The summed E-state index contributed by atoms with van der Waals surface area (Å²) in [5.41, 5.74) is 5.02. The van der Waals surface area contributed by atoms with Crippen LogP contribution in [0.15, 0.2) is 30.3 Å². The maximum absolute atomic E-state index is 5.81. The molecule has 0 spiro atoms. The molecule has 2 aromatic carbocycles. The van der Waals surface area contributed by atoms with E-state index < -0.39 is 0 Å². The van der Waals surface area contributed by atoms with Crippen molar-refractivity contribution in [1.82, 2.24) is 5.32 Å². The van der Waals surface area contributed by atoms with Crippen molar-refractivity contribution in [3.63, 3.8) is 0 Å². The number of hydrogen-bond acceptors (Lipinski definition) is 4. The fourth-order valence-corrected chi connectivity index (χ4v) is 3.61. The van der Waals surface area contributed by atoms with E-state index in [2.05, 4.69) is 49.5 Å². The molecular weight excluding hydrogens is 326 g/mol. The van der Waals surface area contributed by atoms with Crippen LogP contribution in [-0.2, 0) is 6.42 Å². The smallest absolute Gasteiger partial charge is 0.161 e. The molecule has 1 heterocycles. The second-order valence-corrected chi connectivity index (χ2v) is 6.93. The molecule has 0 saturated heterocycles. The SMILES string of the molecule is CCOc1cc2c(cc1OC)CCNC2c1cc(C(C)C)ccc1OC. The Morgan fingerprint density at radius 3 is 2.42 bits per heavy atom. The highest BCUT2D eigenvalue weighted by molar-refractivity contribution is 5.54. The van der Waals surface area contributed by atoms with Gasteiger partial charge < -0.3 is 19.5 Å². The van der Waals surface area contributed by atoms with Gasteiger partial charge in [0.1, 0.15) is 5.75 Å². The number of benzene rings is 2. The molecular formula is C22H29NO3. The summed E-state index contributed by atoms with van der Waals surface area (Å²) in [6, 6.07) is 10.8. The van der Waals surface area contributed by atoms with E-state index in [1.54, 1.807) is 14.2 Å². The Hall–Kier alpha value is -2.20. The molecule has 1 unspecified atom stereocenters. The van der Waals surface area contributed by atoms with Crippen LogP contribution in [0.4, 0.5) is 0 Å². The highest BCUT2D eigenvalue weighted by atomic mass is 16.5. The van der Waals surface area contributed by atoms with Crippen molar-refractivity contribution < 1.29 is 14.2 Å². The molecule has 4 nitrogen and oxygen atoms in total. The van der Waals surface area contributed by atoms with Crippen molar-refractivity contribution in [3.8, 4) is 17.2 Å². The van der Waals surface area contributed by atoms with Gasteiger partial charge in [-0.15, -0.1) is 0 Å². The standard InChI is InChI=1S/C22H29NO3/c1-6-26-21-13-17-16(12-20(21)25-5)9-10-23-22(17)18-11-15(14(2)3)7-8-19(18)24-4/h7-8,11-14,22-23H,6,9-10H2,1-5H3. The van der Waals surface area contributed by atoms with Gasteiger partial charge in [-0.25, -0.2) is 0 Å². The van der Waals surface area contributed by atoms with Crippen LogP contribution >= 0.6 is 0 Å². The van der Waals surface area contributed by atoms with Crippen LogP contribution < -0.4 is 19.5 Å². The summed E-state index contributed by atoms with van der Waals surface area (Å²) in [5, 5.41) is 3.66. The van der Waals surface area contributed by atoms with E-state index >= 15 is 0 Å². The minimum atomic E-state index is 0.0810. The highest BCUT2D eigenvalue weighted by Crippen LogP contribution is 2.40. The van der Waals surface area contributed by atoms with Gasteiger partial charge in [0.25, 0.3) is 0 Å². The Balaban J connectivity index is 2.12. The molecule has 1 aliphatic heterocycles. The number of methoxy groups -OCH3 is 2. The van der Waals surface area contributed by atoms with Crippen LogP contribution in [-0.4, -0.2) is 27.4 Å². The molecule has 26 heavy (non-hydrogen) atoms. The van der Waals surface area contributed by atoms with Crippen molar-refractivity contribution >= 4 is 0 Å². The molecule has 1 N–H and O–H groups in total. The first-order valence-electron chi connectivity index (χ1n) is 9.33. The van der Waals surface area contributed by atoms with E-state index in [1.165, 1.54) is 22.3 Å². The molecule has 1 aliphatic rings. The van der Waals surface area contributed by atoms with Gasteiger partial charge in [-0.3, -0.25) is 0 Å². The van der Waals surface area contributed by atoms with E-state index in [0.717, 1.165) is 30.2 Å². The summed E-state index contributed by atoms with van der Waals surface area (Å²) >= 11 is 0. The van der Waals surface area contributed by atoms with Gasteiger partial charge in [-0.1, -0.05) is 19.9 Å². The van der Waals surface area contributed by atoms with Crippen molar-refractivity contribution in [1.29, 1.82) is 0 Å². The fourth-order valence-electron chi connectivity index (χ4n) is 3.61. The van der Waals surface area contributed by atoms with Gasteiger partial charge in [0.05, 0.1) is 26.9 Å². The molecule has 0 aliphatic carbocycles. The van der Waals surface area contributed by atoms with Gasteiger partial charge in [-0.05, 0) is 60.2 Å². The van der Waals surface area contributed by atoms with Crippen LogP contribution in [0.25, 0.3) is 0 Å². The first kappa shape index (κ1) is 18.6. The quantitative estimate of drug-likeness (QED) is 0.830. The fraction of sp³-hybridized carbons (Fsp3) is 0.455. The van der Waals surface area contributed by atoms with E-state index in [9.17, 15) is 0 Å². The predicted molar refractivity (Wildman–Crippen MR) is 105 cm³/mol. The van der Waals surface area contributed by atoms with Crippen molar-refractivity contribution in [2.24, 2.45) is 0 Å². The summed E-state index contributed by atoms with van der Waals surface area (Å²) in [6.45, 7) is 7.95. The average molecular weight is 355 g/mol. The molecule has 0 bridgehead atoms. The van der Waals surface area contributed by atoms with Crippen molar-refractivity contribution in [2.45, 2.75) is 39.2 Å². The zero-order valence-electron chi connectivity index (χ0n) is 16.4. The third-order valence-corrected chi connectivity index (χ3v) is 5.01. The lowest BCUT2D eigenvalue weighted by atomic mass is 9.87. The van der Waals surface area contributed by atoms with Crippen LogP contribution in [0.5, 0.6) is 17.2 Å². The lowest BCUT2D eigenvalue weighted by Gasteiger charge is -2.30. The first-order chi connectivity index (χ1) is 12.6. The molecule has 4 heteroatoms. The maximum Gasteiger partial charge on any atom is 0.161 e. The lowest BCUT2D eigenvalue weighted by molar-refractivity contribution is 0.309. The molecule has 0 radical (unpaired) electrons. The van der Waals surface area contributed by atoms with Gasteiger partial charge in [0.2, 0.25) is 0 Å². The van der Waals surface area contributed by atoms with Gasteiger partial charge >= 0.3 is 0 Å². The van der Waals surface area contributed by atoms with E-state index in [0.29, 0.717) is 12.5 Å². The van der Waals surface area contributed by atoms with Gasteiger partial charge in [-0.2, -0.15) is 0 Å². The minimum absolute atomic E-state index is 0.0810. The van der Waals surface area contributed by atoms with E-state index in [1.807, 2.05) is 6.92 Å². The number of hydrogen-bond donors (Lipinski definition) is 1. The normalized spacial score (nSPS) is 16.3. The van der Waals surface area contributed by atoms with Crippen LogP contribution in [0.3, 0.4) is 0 Å². The number of ether oxygens (including phenoxy) is 3. The summed E-state index contributed by atoms with van der Waals surface area (Å²) in [7, 11) is 3.43. The molecule has 2 aromatic rings. The van der Waals surface area contributed by atoms with Gasteiger partial charge in [0.15, 0.2) is 11.5 Å². The second-order valence-electron chi connectivity index (χ2n) is 6.93. The third kappa shape index (κ3) is 3.51. The van der Waals surface area contributed by atoms with Gasteiger partial charge in [0, 0.05) is 12.1 Å². The molecule has 0 fully saturated rings. The first-order valence-corrected chi connectivity index (χ1v) is 9.33. The second kappa shape index (κ2) is 8.00. The van der Waals surface area contributed by atoms with E-state index in [4.69, 9.17) is 14.2 Å². The number of nitrogens with one attached hydrogen (secondary N) is 1. The zero-order valence-corrected chi connectivity index (χ0v) is 16.4. The highest BCUT2D eigenvalue weighted by Gasteiger charge is 2.26. The van der Waals surface area contributed by atoms with Crippen LogP contribution in [0.1, 0.15) is 55.0 Å². The summed E-state index contributed by atoms with van der Waals surface area (Å²) in [5.74, 6) is 2.97. The predicted octanol–water partition coefficient (Wildman–Crippen LogP) is 4.46. The molecule has 0 saturated carbocycles. The van der Waals surface area contributed by atoms with Crippen LogP contribution in [0, 0.1) is 0 Å². The van der Waals surface area contributed by atoms with Crippen molar-refractivity contribution in [3.05, 3.63) is 52.6 Å². The van der Waals surface area contributed by atoms with Crippen molar-refractivity contribution in [2.75, 3.05) is 27.4 Å². The Bertz CT molecular complexity index is 770. The minimum Gasteiger partial charge on any atom is -0.496 e. The average Bonchev–Trinajstić information content (AvgIpc) is 2.66. The largest absolute Gasteiger partial charge is 0.496 e. The third-order valence-electron chi connectivity index (χ3n) is 5.01. The zero-order chi connectivity index (χ0) is 18.7. The maximum atomic E-state index is 5.81. The monoisotopic (exact) mass is 355 g/mol. The molecule has 0 aromatic heterocycles. The number of fused-ring (bicyclic) bond motifs is 1. The Labute approximate surface area is 156 Å². The summed E-state index contributed by atoms with van der Waals surface area (Å²) in [6.07, 6.45) is 0.973. The Morgan fingerprint density at radius 2 is 1.77 bits per heavy atom. The Kier molecular flexibility index (Phi) is 5.72. The van der Waals surface area contributed by atoms with E-state index in [-0.39, 0.29) is 6.04 Å². The molecule has 1 atom stereocenters. The molecule has 140 valence electrons. The lowest BCUT2D eigenvalue weighted by Crippen LogP contribution is -2.31. The molecule has 0 amide bonds. The summed E-state index contributed by atoms with van der Waals surface area (Å²) in [4.78, 5) is 0. The molecule has 3 rings (SSSR count). The number of rotatable bonds is 6. The topological polar surface area (TPSA) is 39.7 Å². The van der Waals surface area contributed by atoms with Crippen LogP contribution in [0.2, 0.25) is 0 Å². The Morgan fingerprint density at radius 1 is 1.00 bits per heavy atom. The summed E-state index contributed by atoms with van der Waals surface area (Å²) < 4.78 is 17.0.